The lowest BCUT2D eigenvalue weighted by Crippen LogP contribution is -2.02. The van der Waals surface area contributed by atoms with Crippen LogP contribution in [0.25, 0.3) is 94.5 Å². The van der Waals surface area contributed by atoms with Crippen molar-refractivity contribution in [1.29, 1.82) is 0 Å². The first-order valence-electron chi connectivity index (χ1n) is 19.0. The first-order chi connectivity index (χ1) is 27.7. The third-order valence-electron chi connectivity index (χ3n) is 10.6. The Labute approximate surface area is 325 Å². The highest BCUT2D eigenvalue weighted by Gasteiger charge is 2.21. The predicted octanol–water partition coefficient (Wildman–Crippen LogP) is 13.0. The van der Waals surface area contributed by atoms with Crippen molar-refractivity contribution in [3.8, 4) is 45.3 Å². The summed E-state index contributed by atoms with van der Waals surface area (Å²) >= 11 is 0. The molecule has 56 heavy (non-hydrogen) atoms. The monoisotopic (exact) mass is 719 g/mol. The molecule has 0 aliphatic rings. The highest BCUT2D eigenvalue weighted by molar-refractivity contribution is 6.26. The van der Waals surface area contributed by atoms with Crippen molar-refractivity contribution in [1.82, 2.24) is 24.1 Å². The fraction of sp³-hybridized carbons (Fsp3) is 0.0392. The lowest BCUT2D eigenvalue weighted by molar-refractivity contribution is 1.03. The molecule has 3 aromatic heterocycles. The Morgan fingerprint density at radius 2 is 1.04 bits per heavy atom. The molecule has 7 aromatic carbocycles. The van der Waals surface area contributed by atoms with Crippen LogP contribution in [0.4, 0.5) is 0 Å². The molecule has 0 unspecified atom stereocenters. The minimum absolute atomic E-state index is 0.630. The number of para-hydroxylation sites is 2. The highest BCUT2D eigenvalue weighted by Crippen LogP contribution is 2.42. The molecule has 0 N–H and O–H groups in total. The Kier molecular flexibility index (Phi) is 8.19. The largest absolute Gasteiger partial charge is 0.309 e. The third-order valence-corrected chi connectivity index (χ3v) is 10.6. The van der Waals surface area contributed by atoms with Gasteiger partial charge in [-0.05, 0) is 73.0 Å². The maximum Gasteiger partial charge on any atom is 0.164 e. The fourth-order valence-electron chi connectivity index (χ4n) is 8.01. The van der Waals surface area contributed by atoms with E-state index in [0.717, 1.165) is 39.1 Å². The minimum Gasteiger partial charge on any atom is -0.309 e. The van der Waals surface area contributed by atoms with Crippen LogP contribution in [0, 0.1) is 0 Å². The van der Waals surface area contributed by atoms with Crippen LogP contribution >= 0.6 is 0 Å². The molecule has 0 radical (unpaired) electrons. The molecule has 10 rings (SSSR count). The van der Waals surface area contributed by atoms with Crippen molar-refractivity contribution >= 4 is 49.2 Å². The van der Waals surface area contributed by atoms with Gasteiger partial charge >= 0.3 is 0 Å². The van der Waals surface area contributed by atoms with E-state index in [1.165, 1.54) is 43.7 Å². The molecule has 266 valence electrons. The molecule has 0 spiro atoms. The summed E-state index contributed by atoms with van der Waals surface area (Å²) in [4.78, 5) is 15.0. The molecule has 10 aromatic rings. The van der Waals surface area contributed by atoms with E-state index in [9.17, 15) is 0 Å². The van der Waals surface area contributed by atoms with Crippen LogP contribution in [0.1, 0.15) is 19.7 Å². The zero-order valence-corrected chi connectivity index (χ0v) is 31.1. The van der Waals surface area contributed by atoms with Crippen LogP contribution in [0.3, 0.4) is 0 Å². The summed E-state index contributed by atoms with van der Waals surface area (Å²) in [6, 6.07) is 60.3. The lowest BCUT2D eigenvalue weighted by atomic mass is 10.0. The van der Waals surface area contributed by atoms with Crippen molar-refractivity contribution in [3.05, 3.63) is 194 Å². The highest BCUT2D eigenvalue weighted by atomic mass is 15.0. The molecule has 0 bridgehead atoms. The van der Waals surface area contributed by atoms with Gasteiger partial charge in [0.25, 0.3) is 0 Å². The molecule has 0 aliphatic carbocycles. The number of fused-ring (bicyclic) bond motifs is 7. The van der Waals surface area contributed by atoms with Gasteiger partial charge in [-0.1, -0.05) is 146 Å². The predicted molar refractivity (Wildman–Crippen MR) is 233 cm³/mol. The second-order valence-corrected chi connectivity index (χ2v) is 14.1. The molecule has 0 atom stereocenters. The van der Waals surface area contributed by atoms with Crippen LogP contribution in [-0.2, 0) is 0 Å². The van der Waals surface area contributed by atoms with Crippen molar-refractivity contribution in [3.63, 3.8) is 0 Å². The van der Waals surface area contributed by atoms with Crippen molar-refractivity contribution < 1.29 is 0 Å². The maximum absolute atomic E-state index is 5.04. The van der Waals surface area contributed by atoms with Crippen LogP contribution in [-0.4, -0.2) is 24.1 Å². The average molecular weight is 720 g/mol. The quantitative estimate of drug-likeness (QED) is 0.154. The smallest absolute Gasteiger partial charge is 0.164 e. The summed E-state index contributed by atoms with van der Waals surface area (Å²) in [7, 11) is 0. The molecule has 3 heterocycles. The summed E-state index contributed by atoms with van der Waals surface area (Å²) in [5.41, 5.74) is 12.0. The first-order valence-corrected chi connectivity index (χ1v) is 19.0. The Hall–Kier alpha value is -7.37. The Balaban J connectivity index is 1.21. The van der Waals surface area contributed by atoms with Crippen molar-refractivity contribution in [2.45, 2.75) is 13.8 Å². The number of nitrogens with zero attached hydrogens (tertiary/aromatic N) is 5. The molecule has 0 saturated heterocycles. The van der Waals surface area contributed by atoms with Gasteiger partial charge in [0.15, 0.2) is 17.5 Å². The third kappa shape index (κ3) is 5.60. The van der Waals surface area contributed by atoms with Gasteiger partial charge in [-0.25, -0.2) is 15.0 Å². The van der Waals surface area contributed by atoms with Crippen molar-refractivity contribution in [2.24, 2.45) is 0 Å². The maximum atomic E-state index is 5.04. The van der Waals surface area contributed by atoms with E-state index in [1.54, 1.807) is 0 Å². The summed E-state index contributed by atoms with van der Waals surface area (Å²) < 4.78 is 4.83. The van der Waals surface area contributed by atoms with Crippen LogP contribution in [0.5, 0.6) is 0 Å². The average Bonchev–Trinajstić information content (AvgIpc) is 3.79. The topological polar surface area (TPSA) is 48.5 Å². The zero-order valence-electron chi connectivity index (χ0n) is 31.1. The van der Waals surface area contributed by atoms with E-state index in [0.29, 0.717) is 17.5 Å². The molecule has 5 nitrogen and oxygen atoms in total. The van der Waals surface area contributed by atoms with Gasteiger partial charge in [0.2, 0.25) is 0 Å². The van der Waals surface area contributed by atoms with Gasteiger partial charge in [0.05, 0.1) is 22.1 Å². The van der Waals surface area contributed by atoms with E-state index in [4.69, 9.17) is 15.0 Å². The van der Waals surface area contributed by atoms with Gasteiger partial charge in [-0.2, -0.15) is 0 Å². The Morgan fingerprint density at radius 1 is 0.464 bits per heavy atom. The van der Waals surface area contributed by atoms with Gasteiger partial charge in [0.1, 0.15) is 0 Å². The van der Waals surface area contributed by atoms with E-state index >= 15 is 0 Å². The molecule has 0 saturated carbocycles. The molecular weight excluding hydrogens is 683 g/mol. The van der Waals surface area contributed by atoms with Gasteiger partial charge in [0, 0.05) is 44.0 Å². The second kappa shape index (κ2) is 13.8. The first kappa shape index (κ1) is 33.2. The fourth-order valence-corrected chi connectivity index (χ4v) is 8.01. The number of hydrogen-bond acceptors (Lipinski definition) is 3. The van der Waals surface area contributed by atoms with Gasteiger partial charge in [-0.15, -0.1) is 0 Å². The van der Waals surface area contributed by atoms with Crippen molar-refractivity contribution in [2.75, 3.05) is 0 Å². The zero-order chi connectivity index (χ0) is 37.6. The number of allylic oxidation sites excluding steroid dienone is 4. The number of aromatic nitrogens is 5. The van der Waals surface area contributed by atoms with Crippen LogP contribution < -0.4 is 0 Å². The van der Waals surface area contributed by atoms with E-state index < -0.39 is 0 Å². The molecule has 0 aliphatic heterocycles. The van der Waals surface area contributed by atoms with E-state index in [-0.39, 0.29) is 0 Å². The summed E-state index contributed by atoms with van der Waals surface area (Å²) in [6.45, 7) is 4.05. The molecule has 0 fully saturated rings. The second-order valence-electron chi connectivity index (χ2n) is 14.1. The summed E-state index contributed by atoms with van der Waals surface area (Å²) in [5, 5.41) is 4.86. The van der Waals surface area contributed by atoms with Crippen LogP contribution in [0.2, 0.25) is 0 Å². The van der Waals surface area contributed by atoms with E-state index in [1.807, 2.05) is 62.4 Å². The number of hydrogen-bond donors (Lipinski definition) is 0. The van der Waals surface area contributed by atoms with Crippen LogP contribution in [0.15, 0.2) is 188 Å². The lowest BCUT2D eigenvalue weighted by Gasteiger charge is -2.12. The number of rotatable bonds is 7. The molecular formula is C51H37N5. The summed E-state index contributed by atoms with van der Waals surface area (Å²) in [6.07, 6.45) is 6.06. The SMILES string of the molecule is C/C=C\C=C(/C)c1nc(-c2ccccc2)nc(-c2cccc(-n3c4ccccc4c4c3ccc3c5ccccc5n(-c5cccc(-c6ccccc6)c5)c34)c2)n1. The Bertz CT molecular complexity index is 3150. The molecule has 5 heteroatoms. The van der Waals surface area contributed by atoms with E-state index in [2.05, 4.69) is 149 Å². The van der Waals surface area contributed by atoms with Gasteiger partial charge in [-0.3, -0.25) is 0 Å². The minimum atomic E-state index is 0.630. The summed E-state index contributed by atoms with van der Waals surface area (Å²) in [5.74, 6) is 1.93. The number of benzene rings is 7. The molecule has 0 amide bonds. The Morgan fingerprint density at radius 3 is 1.77 bits per heavy atom. The standard InChI is InChI=1S/C51H37N5/c1-3-4-17-34(2)49-52-50(36-20-9-6-10-21-36)54-51(53-49)38-23-16-24-39(33-38)55-45-29-14-12-27-43(45)47-46(55)31-30-42-41-26-11-13-28-44(41)56(48(42)47)40-25-15-22-37(32-40)35-18-7-5-8-19-35/h3-33H,1-2H3/b4-3-,34-17+. The normalized spacial score (nSPS) is 12.1. The van der Waals surface area contributed by atoms with Gasteiger partial charge < -0.3 is 9.13 Å².